The molecule has 8 nitrogen and oxygen atoms in total. The van der Waals surface area contributed by atoms with Crippen molar-refractivity contribution in [2.75, 3.05) is 13.2 Å². The highest BCUT2D eigenvalue weighted by Crippen LogP contribution is 2.17. The molecule has 6 N–H and O–H groups in total. The van der Waals surface area contributed by atoms with E-state index in [2.05, 4.69) is 0 Å². The normalized spacial score (nSPS) is 15.8. The third kappa shape index (κ3) is 5.23. The van der Waals surface area contributed by atoms with E-state index < -0.39 is 61.3 Å². The topological polar surface area (TPSA) is 156 Å². The zero-order chi connectivity index (χ0) is 14.3. The fourth-order valence-corrected chi connectivity index (χ4v) is 1.28. The van der Waals surface area contributed by atoms with Crippen LogP contribution in [-0.4, -0.2) is 68.0 Å². The summed E-state index contributed by atoms with van der Waals surface area (Å²) in [6, 6.07) is 0. The van der Waals surface area contributed by atoms with Crippen molar-refractivity contribution in [3.8, 4) is 0 Å². The Kier molecular flexibility index (Phi) is 7.13. The molecular formula is C10H16O8. The summed E-state index contributed by atoms with van der Waals surface area (Å²) < 4.78 is 0. The largest absolute Gasteiger partial charge is 0.478 e. The molecule has 2 unspecified atom stereocenters. The summed E-state index contributed by atoms with van der Waals surface area (Å²) in [6.45, 7) is -1.43. The van der Waals surface area contributed by atoms with Gasteiger partial charge in [-0.3, -0.25) is 0 Å². The molecular weight excluding hydrogens is 248 g/mol. The van der Waals surface area contributed by atoms with Crippen LogP contribution in [0.2, 0.25) is 0 Å². The molecule has 0 aliphatic rings. The third-order valence-corrected chi connectivity index (χ3v) is 2.18. The second-order valence-electron chi connectivity index (χ2n) is 3.65. The summed E-state index contributed by atoms with van der Waals surface area (Å²) in [6.07, 6.45) is -3.94. The van der Waals surface area contributed by atoms with Crippen LogP contribution in [-0.2, 0) is 9.59 Å². The van der Waals surface area contributed by atoms with E-state index in [-0.39, 0.29) is 0 Å². The van der Waals surface area contributed by atoms with E-state index in [4.69, 9.17) is 30.6 Å². The number of aliphatic hydroxyl groups is 4. The van der Waals surface area contributed by atoms with Crippen LogP contribution in [0.25, 0.3) is 0 Å². The maximum atomic E-state index is 10.9. The van der Waals surface area contributed by atoms with Crippen molar-refractivity contribution in [1.82, 2.24) is 0 Å². The second-order valence-corrected chi connectivity index (χ2v) is 3.65. The van der Waals surface area contributed by atoms with Gasteiger partial charge in [0.05, 0.1) is 36.6 Å². The predicted octanol–water partition coefficient (Wildman–Crippen LogP) is -2.06. The Bertz CT molecular complexity index is 303. The molecule has 0 saturated heterocycles. The van der Waals surface area contributed by atoms with Gasteiger partial charge in [0.25, 0.3) is 0 Å². The van der Waals surface area contributed by atoms with Crippen LogP contribution in [0.3, 0.4) is 0 Å². The Morgan fingerprint density at radius 2 is 1.06 bits per heavy atom. The summed E-state index contributed by atoms with van der Waals surface area (Å²) in [5.74, 6) is -3.13. The number of carbonyl (C=O) groups is 2. The van der Waals surface area contributed by atoms with Gasteiger partial charge in [0.2, 0.25) is 0 Å². The molecule has 0 saturated carbocycles. The monoisotopic (exact) mass is 264 g/mol. The lowest BCUT2D eigenvalue weighted by Gasteiger charge is -2.13. The van der Waals surface area contributed by atoms with Gasteiger partial charge in [-0.25, -0.2) is 9.59 Å². The van der Waals surface area contributed by atoms with Gasteiger partial charge in [-0.2, -0.15) is 0 Å². The van der Waals surface area contributed by atoms with Crippen molar-refractivity contribution in [3.05, 3.63) is 11.1 Å². The van der Waals surface area contributed by atoms with Crippen molar-refractivity contribution in [2.24, 2.45) is 0 Å². The maximum Gasteiger partial charge on any atom is 0.332 e. The molecule has 0 aromatic heterocycles. The lowest BCUT2D eigenvalue weighted by atomic mass is 9.97. The molecule has 0 aromatic carbocycles. The van der Waals surface area contributed by atoms with Crippen LogP contribution in [0, 0.1) is 0 Å². The van der Waals surface area contributed by atoms with Crippen molar-refractivity contribution in [2.45, 2.75) is 25.0 Å². The van der Waals surface area contributed by atoms with E-state index in [0.717, 1.165) is 0 Å². The van der Waals surface area contributed by atoms with E-state index in [1.165, 1.54) is 0 Å². The smallest absolute Gasteiger partial charge is 0.332 e. The number of aliphatic hydroxyl groups excluding tert-OH is 4. The number of rotatable bonds is 8. The molecule has 2 atom stereocenters. The van der Waals surface area contributed by atoms with Crippen molar-refractivity contribution >= 4 is 11.9 Å². The summed E-state index contributed by atoms with van der Waals surface area (Å²) in [4.78, 5) is 21.8. The van der Waals surface area contributed by atoms with E-state index in [1.54, 1.807) is 0 Å². The van der Waals surface area contributed by atoms with Gasteiger partial charge < -0.3 is 30.6 Å². The zero-order valence-electron chi connectivity index (χ0n) is 9.48. The average molecular weight is 264 g/mol. The number of hydrogen-bond donors (Lipinski definition) is 6. The molecule has 0 amide bonds. The number of aliphatic carboxylic acids is 2. The summed E-state index contributed by atoms with van der Waals surface area (Å²) in [5, 5.41) is 53.2. The highest BCUT2D eigenvalue weighted by Gasteiger charge is 2.24. The number of carboxylic acids is 2. The standard InChI is InChI=1S/C10H16O8/c11-3-5(13)1-7(9(15)16)8(10(17)18)2-6(14)4-12/h5-6,11-14H,1-4H2,(H,15,16)(H,17,18)/b8-7-. The molecule has 0 radical (unpaired) electrons. The highest BCUT2D eigenvalue weighted by molar-refractivity contribution is 5.98. The minimum Gasteiger partial charge on any atom is -0.478 e. The zero-order valence-corrected chi connectivity index (χ0v) is 9.48. The fraction of sp³-hybridized carbons (Fsp3) is 0.600. The van der Waals surface area contributed by atoms with Gasteiger partial charge in [-0.1, -0.05) is 0 Å². The van der Waals surface area contributed by atoms with Gasteiger partial charge in [-0.05, 0) is 0 Å². The maximum absolute atomic E-state index is 10.9. The van der Waals surface area contributed by atoms with Gasteiger partial charge in [0.1, 0.15) is 0 Å². The first-order chi connectivity index (χ1) is 8.33. The van der Waals surface area contributed by atoms with Gasteiger partial charge in [-0.15, -0.1) is 0 Å². The lowest BCUT2D eigenvalue weighted by Crippen LogP contribution is -2.23. The molecule has 8 heteroatoms. The van der Waals surface area contributed by atoms with Crippen LogP contribution < -0.4 is 0 Å². The molecule has 0 rings (SSSR count). The minimum atomic E-state index is -1.56. The first-order valence-electron chi connectivity index (χ1n) is 5.09. The predicted molar refractivity (Wildman–Crippen MR) is 57.7 cm³/mol. The quantitative estimate of drug-likeness (QED) is 0.273. The number of hydrogen-bond acceptors (Lipinski definition) is 6. The Balaban J connectivity index is 5.29. The molecule has 0 heterocycles. The molecule has 0 aromatic rings. The Labute approximate surface area is 102 Å². The third-order valence-electron chi connectivity index (χ3n) is 2.18. The van der Waals surface area contributed by atoms with E-state index in [0.29, 0.717) is 0 Å². The average Bonchev–Trinajstić information content (AvgIpc) is 2.31. The second kappa shape index (κ2) is 7.77. The first-order valence-corrected chi connectivity index (χ1v) is 5.09. The van der Waals surface area contributed by atoms with Crippen molar-refractivity contribution in [3.63, 3.8) is 0 Å². The van der Waals surface area contributed by atoms with Crippen LogP contribution in [0.5, 0.6) is 0 Å². The molecule has 18 heavy (non-hydrogen) atoms. The molecule has 104 valence electrons. The SMILES string of the molecule is O=C(O)/C(CC(O)CO)=C(/CC(O)CO)C(=O)O. The van der Waals surface area contributed by atoms with Gasteiger partial charge >= 0.3 is 11.9 Å². The molecule has 0 spiro atoms. The van der Waals surface area contributed by atoms with Crippen LogP contribution in [0.1, 0.15) is 12.8 Å². The minimum absolute atomic E-state index is 0.564. The lowest BCUT2D eigenvalue weighted by molar-refractivity contribution is -0.136. The Morgan fingerprint density at radius 1 is 0.778 bits per heavy atom. The van der Waals surface area contributed by atoms with Gasteiger partial charge in [0.15, 0.2) is 0 Å². The summed E-state index contributed by atoms with van der Waals surface area (Å²) >= 11 is 0. The molecule has 0 aliphatic heterocycles. The number of carboxylic acid groups (broad SMARTS) is 2. The van der Waals surface area contributed by atoms with Gasteiger partial charge in [0, 0.05) is 12.8 Å². The summed E-state index contributed by atoms with van der Waals surface area (Å²) in [7, 11) is 0. The van der Waals surface area contributed by atoms with Crippen molar-refractivity contribution < 1.29 is 40.2 Å². The molecule has 0 fully saturated rings. The van der Waals surface area contributed by atoms with Crippen LogP contribution >= 0.6 is 0 Å². The first kappa shape index (κ1) is 16.5. The van der Waals surface area contributed by atoms with E-state index in [9.17, 15) is 9.59 Å². The van der Waals surface area contributed by atoms with Crippen molar-refractivity contribution in [1.29, 1.82) is 0 Å². The molecule has 0 aliphatic carbocycles. The molecule has 0 bridgehead atoms. The Morgan fingerprint density at radius 3 is 1.22 bits per heavy atom. The van der Waals surface area contributed by atoms with E-state index >= 15 is 0 Å². The van der Waals surface area contributed by atoms with Crippen LogP contribution in [0.15, 0.2) is 11.1 Å². The van der Waals surface area contributed by atoms with E-state index in [1.807, 2.05) is 0 Å². The fourth-order valence-electron chi connectivity index (χ4n) is 1.28. The summed E-state index contributed by atoms with van der Waals surface area (Å²) in [5.41, 5.74) is -1.23. The van der Waals surface area contributed by atoms with Crippen LogP contribution in [0.4, 0.5) is 0 Å². The Hall–Kier alpha value is -1.48. The highest BCUT2D eigenvalue weighted by atomic mass is 16.4.